The van der Waals surface area contributed by atoms with Crippen LogP contribution in [0.4, 0.5) is 0 Å². The van der Waals surface area contributed by atoms with Gasteiger partial charge < -0.3 is 0 Å². The van der Waals surface area contributed by atoms with Gasteiger partial charge in [-0.15, -0.1) is 0 Å². The molecule has 1 nitrogen and oxygen atoms in total. The molecule has 0 N–H and O–H groups in total. The van der Waals surface area contributed by atoms with E-state index in [1.165, 1.54) is 32.3 Å². The second-order valence-corrected chi connectivity index (χ2v) is 6.94. The first-order valence-corrected chi connectivity index (χ1v) is 8.72. The van der Waals surface area contributed by atoms with E-state index < -0.39 is 0 Å². The van der Waals surface area contributed by atoms with E-state index in [0.29, 0.717) is 0 Å². The predicted molar refractivity (Wildman–Crippen MR) is 99.0 cm³/mol. The molecule has 0 aliphatic carbocycles. The molecule has 1 heterocycles. The Morgan fingerprint density at radius 1 is 0.783 bits per heavy atom. The van der Waals surface area contributed by atoms with Crippen LogP contribution in [0.25, 0.3) is 11.1 Å². The second kappa shape index (κ2) is 6.31. The average Bonchev–Trinajstić information content (AvgIpc) is 3.00. The van der Waals surface area contributed by atoms with Crippen LogP contribution in [0.3, 0.4) is 0 Å². The molecule has 3 aromatic rings. The van der Waals surface area contributed by atoms with Crippen molar-refractivity contribution in [2.45, 2.75) is 19.6 Å². The number of benzene rings is 3. The molecule has 0 aromatic heterocycles. The highest BCUT2D eigenvalue weighted by molar-refractivity contribution is 9.10. The first kappa shape index (κ1) is 14.7. The van der Waals surface area contributed by atoms with Crippen molar-refractivity contribution < 1.29 is 0 Å². The summed E-state index contributed by atoms with van der Waals surface area (Å²) in [4.78, 5) is 2.50. The van der Waals surface area contributed by atoms with E-state index in [2.05, 4.69) is 93.6 Å². The first-order valence-electron chi connectivity index (χ1n) is 7.92. The summed E-state index contributed by atoms with van der Waals surface area (Å²) in [7, 11) is 0. The molecule has 0 spiro atoms. The molecule has 0 atom stereocenters. The number of hydrogen-bond acceptors (Lipinski definition) is 1. The Kier molecular flexibility index (Phi) is 4.02. The SMILES string of the molecule is Brc1cccc2c1CN(Cc1cccc(-c3ccccc3)c1)C2. The van der Waals surface area contributed by atoms with E-state index >= 15 is 0 Å². The Morgan fingerprint density at radius 2 is 1.57 bits per heavy atom. The predicted octanol–water partition coefficient (Wildman–Crippen LogP) is 5.63. The van der Waals surface area contributed by atoms with Crippen LogP contribution in [0.2, 0.25) is 0 Å². The van der Waals surface area contributed by atoms with Gasteiger partial charge in [0.1, 0.15) is 0 Å². The van der Waals surface area contributed by atoms with Crippen LogP contribution in [-0.4, -0.2) is 4.90 Å². The van der Waals surface area contributed by atoms with Crippen molar-refractivity contribution in [1.29, 1.82) is 0 Å². The highest BCUT2D eigenvalue weighted by atomic mass is 79.9. The second-order valence-electron chi connectivity index (χ2n) is 6.09. The zero-order valence-electron chi connectivity index (χ0n) is 12.9. The van der Waals surface area contributed by atoms with Crippen LogP contribution >= 0.6 is 15.9 Å². The van der Waals surface area contributed by atoms with E-state index in [1.807, 2.05) is 0 Å². The molecule has 0 saturated carbocycles. The Labute approximate surface area is 145 Å². The smallest absolute Gasteiger partial charge is 0.0255 e. The van der Waals surface area contributed by atoms with Gasteiger partial charge in [-0.2, -0.15) is 0 Å². The third-order valence-corrected chi connectivity index (χ3v) is 5.17. The van der Waals surface area contributed by atoms with E-state index in [-0.39, 0.29) is 0 Å². The van der Waals surface area contributed by atoms with Crippen LogP contribution in [0.5, 0.6) is 0 Å². The van der Waals surface area contributed by atoms with E-state index in [1.54, 1.807) is 0 Å². The lowest BCUT2D eigenvalue weighted by atomic mass is 10.0. The molecule has 2 heteroatoms. The summed E-state index contributed by atoms with van der Waals surface area (Å²) in [6.07, 6.45) is 0. The van der Waals surface area contributed by atoms with Crippen LogP contribution in [-0.2, 0) is 19.6 Å². The summed E-state index contributed by atoms with van der Waals surface area (Å²) in [6, 6.07) is 26.0. The molecule has 0 saturated heterocycles. The molecule has 0 bridgehead atoms. The third kappa shape index (κ3) is 3.10. The van der Waals surface area contributed by atoms with Gasteiger partial charge in [0.25, 0.3) is 0 Å². The van der Waals surface area contributed by atoms with Crippen molar-refractivity contribution in [3.05, 3.63) is 94.0 Å². The topological polar surface area (TPSA) is 3.24 Å². The van der Waals surface area contributed by atoms with Gasteiger partial charge in [0.2, 0.25) is 0 Å². The molecule has 3 aromatic carbocycles. The normalized spacial score (nSPS) is 14.0. The highest BCUT2D eigenvalue weighted by Crippen LogP contribution is 2.30. The lowest BCUT2D eigenvalue weighted by molar-refractivity contribution is 0.275. The lowest BCUT2D eigenvalue weighted by Crippen LogP contribution is -2.15. The quantitative estimate of drug-likeness (QED) is 0.582. The molecule has 0 amide bonds. The van der Waals surface area contributed by atoms with Crippen molar-refractivity contribution >= 4 is 15.9 Å². The van der Waals surface area contributed by atoms with Gasteiger partial charge in [0, 0.05) is 24.1 Å². The van der Waals surface area contributed by atoms with Gasteiger partial charge in [-0.25, -0.2) is 0 Å². The zero-order valence-corrected chi connectivity index (χ0v) is 14.5. The number of rotatable bonds is 3. The minimum Gasteiger partial charge on any atom is -0.291 e. The monoisotopic (exact) mass is 363 g/mol. The third-order valence-electron chi connectivity index (χ3n) is 4.43. The van der Waals surface area contributed by atoms with Gasteiger partial charge in [-0.1, -0.05) is 76.6 Å². The summed E-state index contributed by atoms with van der Waals surface area (Å²) in [5, 5.41) is 0. The Morgan fingerprint density at radius 3 is 2.39 bits per heavy atom. The number of nitrogens with zero attached hydrogens (tertiary/aromatic N) is 1. The fourth-order valence-corrected chi connectivity index (χ4v) is 3.83. The Hall–Kier alpha value is -1.90. The molecule has 0 radical (unpaired) electrons. The molecule has 0 fully saturated rings. The maximum atomic E-state index is 3.68. The van der Waals surface area contributed by atoms with Crippen molar-refractivity contribution in [3.63, 3.8) is 0 Å². The van der Waals surface area contributed by atoms with Crippen LogP contribution in [0.1, 0.15) is 16.7 Å². The summed E-state index contributed by atoms with van der Waals surface area (Å²) >= 11 is 3.68. The van der Waals surface area contributed by atoms with Crippen molar-refractivity contribution in [1.82, 2.24) is 4.90 Å². The standard InChI is InChI=1S/C21H18BrN/c22-21-11-5-10-19-14-23(15-20(19)21)13-16-6-4-9-18(12-16)17-7-2-1-3-8-17/h1-12H,13-15H2. The molecular formula is C21H18BrN. The van der Waals surface area contributed by atoms with E-state index in [9.17, 15) is 0 Å². The van der Waals surface area contributed by atoms with E-state index in [4.69, 9.17) is 0 Å². The Bertz CT molecular complexity index is 826. The molecule has 114 valence electrons. The first-order chi connectivity index (χ1) is 11.3. The molecule has 1 aliphatic rings. The largest absolute Gasteiger partial charge is 0.291 e. The van der Waals surface area contributed by atoms with Crippen LogP contribution < -0.4 is 0 Å². The van der Waals surface area contributed by atoms with Gasteiger partial charge in [0.15, 0.2) is 0 Å². The van der Waals surface area contributed by atoms with Gasteiger partial charge >= 0.3 is 0 Å². The summed E-state index contributed by atoms with van der Waals surface area (Å²) in [5.74, 6) is 0. The van der Waals surface area contributed by atoms with Crippen LogP contribution in [0.15, 0.2) is 77.3 Å². The van der Waals surface area contributed by atoms with Crippen molar-refractivity contribution in [2.24, 2.45) is 0 Å². The van der Waals surface area contributed by atoms with Crippen LogP contribution in [0, 0.1) is 0 Å². The average molecular weight is 364 g/mol. The van der Waals surface area contributed by atoms with Gasteiger partial charge in [-0.05, 0) is 39.9 Å². The maximum absolute atomic E-state index is 3.68. The van der Waals surface area contributed by atoms with E-state index in [0.717, 1.165) is 19.6 Å². The highest BCUT2D eigenvalue weighted by Gasteiger charge is 2.20. The number of halogens is 1. The molecule has 4 rings (SSSR count). The fraction of sp³-hybridized carbons (Fsp3) is 0.143. The molecular weight excluding hydrogens is 346 g/mol. The summed E-state index contributed by atoms with van der Waals surface area (Å²) in [5.41, 5.74) is 6.82. The van der Waals surface area contributed by atoms with Crippen molar-refractivity contribution in [3.8, 4) is 11.1 Å². The van der Waals surface area contributed by atoms with Gasteiger partial charge in [-0.3, -0.25) is 4.90 Å². The summed E-state index contributed by atoms with van der Waals surface area (Å²) < 4.78 is 1.23. The van der Waals surface area contributed by atoms with Crippen molar-refractivity contribution in [2.75, 3.05) is 0 Å². The minimum absolute atomic E-state index is 0.988. The molecule has 1 aliphatic heterocycles. The lowest BCUT2D eigenvalue weighted by Gasteiger charge is -2.15. The van der Waals surface area contributed by atoms with Gasteiger partial charge in [0.05, 0.1) is 0 Å². The molecule has 0 unspecified atom stereocenters. The molecule has 23 heavy (non-hydrogen) atoms. The summed E-state index contributed by atoms with van der Waals surface area (Å²) in [6.45, 7) is 3.04. The number of fused-ring (bicyclic) bond motifs is 1. The Balaban J connectivity index is 1.54. The fourth-order valence-electron chi connectivity index (χ4n) is 3.30. The maximum Gasteiger partial charge on any atom is 0.0255 e. The number of hydrogen-bond donors (Lipinski definition) is 0. The minimum atomic E-state index is 0.988. The zero-order chi connectivity index (χ0) is 15.6.